The molecule has 2 aromatic heterocycles. The minimum absolute atomic E-state index is 0.600. The van der Waals surface area contributed by atoms with Gasteiger partial charge in [-0.15, -0.1) is 0 Å². The number of aromatic nitrogens is 3. The van der Waals surface area contributed by atoms with E-state index < -0.39 is 0 Å². The molecule has 0 fully saturated rings. The molecule has 0 aliphatic carbocycles. The lowest BCUT2D eigenvalue weighted by Gasteiger charge is -2.08. The minimum Gasteiger partial charge on any atom is -0.324 e. The molecule has 20 heavy (non-hydrogen) atoms. The summed E-state index contributed by atoms with van der Waals surface area (Å²) in [5, 5.41) is 3.22. The molecule has 3 rings (SSSR count). The average molecular weight is 262 g/mol. The molecule has 98 valence electrons. The Balaban J connectivity index is 1.95. The van der Waals surface area contributed by atoms with Gasteiger partial charge in [0.1, 0.15) is 0 Å². The number of nitrogens with zero attached hydrogens (tertiary/aromatic N) is 3. The molecule has 4 nitrogen and oxygen atoms in total. The molecule has 0 unspecified atom stereocenters. The maximum absolute atomic E-state index is 4.55. The van der Waals surface area contributed by atoms with Crippen LogP contribution in [0.4, 0.5) is 11.6 Å². The highest BCUT2D eigenvalue weighted by atomic mass is 15.1. The standard InChI is InChI=1S/C16H14N4/c1-12-11-15(13-7-9-17-10-8-13)20-16(18-12)19-14-5-3-2-4-6-14/h2-11H,1H3,(H,18,19,20). The molecule has 0 spiro atoms. The summed E-state index contributed by atoms with van der Waals surface area (Å²) in [5.74, 6) is 0.600. The lowest BCUT2D eigenvalue weighted by Crippen LogP contribution is -1.99. The SMILES string of the molecule is Cc1cc(-c2ccncc2)nc(Nc2ccccc2)n1. The highest BCUT2D eigenvalue weighted by molar-refractivity contribution is 5.62. The van der Waals surface area contributed by atoms with E-state index in [9.17, 15) is 0 Å². The molecule has 0 amide bonds. The van der Waals surface area contributed by atoms with Gasteiger partial charge in [-0.2, -0.15) is 0 Å². The predicted molar refractivity (Wildman–Crippen MR) is 79.7 cm³/mol. The lowest BCUT2D eigenvalue weighted by molar-refractivity contribution is 1.11. The molecule has 0 saturated carbocycles. The van der Waals surface area contributed by atoms with Crippen molar-refractivity contribution >= 4 is 11.6 Å². The number of benzene rings is 1. The Morgan fingerprint density at radius 3 is 2.40 bits per heavy atom. The first-order chi connectivity index (χ1) is 9.81. The maximum Gasteiger partial charge on any atom is 0.227 e. The summed E-state index contributed by atoms with van der Waals surface area (Å²) in [6.07, 6.45) is 3.52. The molecule has 3 aromatic rings. The van der Waals surface area contributed by atoms with Gasteiger partial charge in [-0.25, -0.2) is 9.97 Å². The van der Waals surface area contributed by atoms with Gasteiger partial charge in [-0.05, 0) is 37.3 Å². The minimum atomic E-state index is 0.600. The summed E-state index contributed by atoms with van der Waals surface area (Å²) in [6.45, 7) is 1.96. The number of hydrogen-bond acceptors (Lipinski definition) is 4. The van der Waals surface area contributed by atoms with Crippen LogP contribution in [0.5, 0.6) is 0 Å². The van der Waals surface area contributed by atoms with Gasteiger partial charge in [0.05, 0.1) is 5.69 Å². The summed E-state index contributed by atoms with van der Waals surface area (Å²) >= 11 is 0. The second-order valence-corrected chi connectivity index (χ2v) is 4.45. The zero-order valence-electron chi connectivity index (χ0n) is 11.1. The molecule has 0 bridgehead atoms. The molecular weight excluding hydrogens is 248 g/mol. The Hall–Kier alpha value is -2.75. The van der Waals surface area contributed by atoms with Crippen molar-refractivity contribution in [2.45, 2.75) is 6.92 Å². The zero-order chi connectivity index (χ0) is 13.8. The second-order valence-electron chi connectivity index (χ2n) is 4.45. The van der Waals surface area contributed by atoms with Gasteiger partial charge in [0.2, 0.25) is 5.95 Å². The number of pyridine rings is 1. The Bertz CT molecular complexity index is 696. The van der Waals surface area contributed by atoms with E-state index in [0.29, 0.717) is 5.95 Å². The smallest absolute Gasteiger partial charge is 0.227 e. The van der Waals surface area contributed by atoms with Gasteiger partial charge in [0, 0.05) is 29.3 Å². The van der Waals surface area contributed by atoms with Gasteiger partial charge in [-0.3, -0.25) is 4.98 Å². The average Bonchev–Trinajstić information content (AvgIpc) is 2.49. The first-order valence-electron chi connectivity index (χ1n) is 6.39. The Morgan fingerprint density at radius 2 is 1.65 bits per heavy atom. The van der Waals surface area contributed by atoms with Crippen LogP contribution in [0.2, 0.25) is 0 Å². The third kappa shape index (κ3) is 2.80. The van der Waals surface area contributed by atoms with Crippen LogP contribution in [-0.4, -0.2) is 15.0 Å². The van der Waals surface area contributed by atoms with Crippen molar-refractivity contribution in [2.24, 2.45) is 0 Å². The molecule has 4 heteroatoms. The monoisotopic (exact) mass is 262 g/mol. The van der Waals surface area contributed by atoms with Gasteiger partial charge >= 0.3 is 0 Å². The highest BCUT2D eigenvalue weighted by Gasteiger charge is 2.04. The molecule has 0 radical (unpaired) electrons. The van der Waals surface area contributed by atoms with Crippen molar-refractivity contribution in [3.05, 3.63) is 66.6 Å². The van der Waals surface area contributed by atoms with Crippen LogP contribution in [0, 0.1) is 6.92 Å². The van der Waals surface area contributed by atoms with Crippen LogP contribution in [-0.2, 0) is 0 Å². The van der Waals surface area contributed by atoms with E-state index >= 15 is 0 Å². The van der Waals surface area contributed by atoms with Crippen molar-refractivity contribution in [1.82, 2.24) is 15.0 Å². The number of nitrogens with one attached hydrogen (secondary N) is 1. The van der Waals surface area contributed by atoms with Gasteiger partial charge in [0.25, 0.3) is 0 Å². The fourth-order valence-electron chi connectivity index (χ4n) is 1.95. The van der Waals surface area contributed by atoms with Gasteiger partial charge in [-0.1, -0.05) is 18.2 Å². The first kappa shape index (κ1) is 12.3. The van der Waals surface area contributed by atoms with E-state index in [1.54, 1.807) is 12.4 Å². The summed E-state index contributed by atoms with van der Waals surface area (Å²) in [4.78, 5) is 13.0. The number of para-hydroxylation sites is 1. The topological polar surface area (TPSA) is 50.7 Å². The van der Waals surface area contributed by atoms with E-state index in [1.165, 1.54) is 0 Å². The molecule has 0 saturated heterocycles. The molecule has 1 N–H and O–H groups in total. The predicted octanol–water partition coefficient (Wildman–Crippen LogP) is 3.59. The van der Waals surface area contributed by atoms with Crippen LogP contribution in [0.1, 0.15) is 5.69 Å². The highest BCUT2D eigenvalue weighted by Crippen LogP contribution is 2.20. The molecule has 0 atom stereocenters. The number of anilines is 2. The molecule has 1 aromatic carbocycles. The Kier molecular flexibility index (Phi) is 3.37. The fourth-order valence-corrected chi connectivity index (χ4v) is 1.95. The van der Waals surface area contributed by atoms with E-state index in [2.05, 4.69) is 20.3 Å². The van der Waals surface area contributed by atoms with Crippen LogP contribution < -0.4 is 5.32 Å². The van der Waals surface area contributed by atoms with E-state index in [4.69, 9.17) is 0 Å². The molecular formula is C16H14N4. The number of rotatable bonds is 3. The van der Waals surface area contributed by atoms with Crippen LogP contribution in [0.25, 0.3) is 11.3 Å². The van der Waals surface area contributed by atoms with Crippen LogP contribution >= 0.6 is 0 Å². The number of aryl methyl sites for hydroxylation is 1. The molecule has 0 aliphatic rings. The first-order valence-corrected chi connectivity index (χ1v) is 6.39. The fraction of sp³-hybridized carbons (Fsp3) is 0.0625. The molecule has 0 aliphatic heterocycles. The van der Waals surface area contributed by atoms with Crippen molar-refractivity contribution in [2.75, 3.05) is 5.32 Å². The summed E-state index contributed by atoms with van der Waals surface area (Å²) in [7, 11) is 0. The second kappa shape index (κ2) is 5.48. The van der Waals surface area contributed by atoms with Gasteiger partial charge < -0.3 is 5.32 Å². The third-order valence-electron chi connectivity index (χ3n) is 2.86. The van der Waals surface area contributed by atoms with Gasteiger partial charge in [0.15, 0.2) is 0 Å². The van der Waals surface area contributed by atoms with E-state index in [-0.39, 0.29) is 0 Å². The summed E-state index contributed by atoms with van der Waals surface area (Å²) in [6, 6.07) is 15.7. The van der Waals surface area contributed by atoms with Crippen molar-refractivity contribution < 1.29 is 0 Å². The summed E-state index contributed by atoms with van der Waals surface area (Å²) < 4.78 is 0. The maximum atomic E-state index is 4.55. The normalized spacial score (nSPS) is 10.2. The quantitative estimate of drug-likeness (QED) is 0.783. The largest absolute Gasteiger partial charge is 0.324 e. The third-order valence-corrected chi connectivity index (χ3v) is 2.86. The lowest BCUT2D eigenvalue weighted by atomic mass is 10.2. The molecule has 2 heterocycles. The van der Waals surface area contributed by atoms with E-state index in [0.717, 1.165) is 22.6 Å². The van der Waals surface area contributed by atoms with Crippen molar-refractivity contribution in [1.29, 1.82) is 0 Å². The summed E-state index contributed by atoms with van der Waals surface area (Å²) in [5.41, 5.74) is 3.81. The number of hydrogen-bond donors (Lipinski definition) is 1. The van der Waals surface area contributed by atoms with E-state index in [1.807, 2.05) is 55.5 Å². The van der Waals surface area contributed by atoms with Crippen molar-refractivity contribution in [3.8, 4) is 11.3 Å². The Labute approximate surface area is 117 Å². The van der Waals surface area contributed by atoms with Crippen LogP contribution in [0.3, 0.4) is 0 Å². The zero-order valence-corrected chi connectivity index (χ0v) is 11.1. The van der Waals surface area contributed by atoms with Crippen molar-refractivity contribution in [3.63, 3.8) is 0 Å². The van der Waals surface area contributed by atoms with Crippen LogP contribution in [0.15, 0.2) is 60.9 Å². The Morgan fingerprint density at radius 1 is 0.900 bits per heavy atom.